The van der Waals surface area contributed by atoms with Gasteiger partial charge in [-0.3, -0.25) is 9.59 Å². The molecule has 1 fully saturated rings. The maximum absolute atomic E-state index is 13.7. The molecule has 2 rings (SSSR count). The van der Waals surface area contributed by atoms with E-state index in [0.717, 1.165) is 37.7 Å². The summed E-state index contributed by atoms with van der Waals surface area (Å²) in [6.45, 7) is 11.9. The van der Waals surface area contributed by atoms with Crippen molar-refractivity contribution in [1.82, 2.24) is 15.5 Å². The van der Waals surface area contributed by atoms with Gasteiger partial charge in [0.2, 0.25) is 11.8 Å². The molecule has 2 unspecified atom stereocenters. The Kier molecular flexibility index (Phi) is 10.3. The molecule has 2 atom stereocenters. The first-order valence-electron chi connectivity index (χ1n) is 12.4. The second-order valence-corrected chi connectivity index (χ2v) is 10.3. The molecule has 0 bridgehead atoms. The van der Waals surface area contributed by atoms with Crippen LogP contribution >= 0.6 is 0 Å². The van der Waals surface area contributed by atoms with Crippen molar-refractivity contribution in [3.63, 3.8) is 0 Å². The van der Waals surface area contributed by atoms with Crippen LogP contribution in [0.3, 0.4) is 0 Å². The van der Waals surface area contributed by atoms with Crippen LogP contribution in [-0.2, 0) is 14.3 Å². The molecule has 0 saturated heterocycles. The van der Waals surface area contributed by atoms with Crippen LogP contribution in [-0.4, -0.2) is 58.2 Å². The van der Waals surface area contributed by atoms with Crippen molar-refractivity contribution in [2.75, 3.05) is 6.61 Å². The molecule has 0 spiro atoms. The number of nitrogens with zero attached hydrogens (tertiary/aromatic N) is 1. The Morgan fingerprint density at radius 2 is 1.86 bits per heavy atom. The maximum Gasteiger partial charge on any atom is 0.408 e. The van der Waals surface area contributed by atoms with Crippen molar-refractivity contribution in [3.05, 3.63) is 42.0 Å². The molecule has 3 N–H and O–H groups in total. The summed E-state index contributed by atoms with van der Waals surface area (Å²) >= 11 is 0. The zero-order valence-electron chi connectivity index (χ0n) is 21.7. The fraction of sp³-hybridized carbons (Fsp3) is 0.593. The average molecular weight is 488 g/mol. The van der Waals surface area contributed by atoms with Crippen LogP contribution in [0.1, 0.15) is 83.9 Å². The first-order chi connectivity index (χ1) is 16.5. The van der Waals surface area contributed by atoms with E-state index < -0.39 is 42.3 Å². The van der Waals surface area contributed by atoms with E-state index in [1.54, 1.807) is 46.8 Å². The smallest absolute Gasteiger partial charge is 0.408 e. The van der Waals surface area contributed by atoms with Gasteiger partial charge in [-0.25, -0.2) is 4.79 Å². The van der Waals surface area contributed by atoms with Crippen molar-refractivity contribution < 1.29 is 24.2 Å². The summed E-state index contributed by atoms with van der Waals surface area (Å²) in [5.41, 5.74) is 0.685. The minimum atomic E-state index is -1.26. The van der Waals surface area contributed by atoms with Crippen LogP contribution in [0.15, 0.2) is 30.8 Å². The average Bonchev–Trinajstić information content (AvgIpc) is 2.79. The molecule has 0 radical (unpaired) electrons. The van der Waals surface area contributed by atoms with Crippen molar-refractivity contribution in [2.24, 2.45) is 0 Å². The highest BCUT2D eigenvalue weighted by molar-refractivity contribution is 5.92. The minimum absolute atomic E-state index is 0.0546. The van der Waals surface area contributed by atoms with Gasteiger partial charge in [0.15, 0.2) is 0 Å². The Bertz CT molecular complexity index is 887. The molecule has 0 aliphatic heterocycles. The maximum atomic E-state index is 13.7. The van der Waals surface area contributed by atoms with Crippen molar-refractivity contribution in [2.45, 2.75) is 96.5 Å². The highest BCUT2D eigenvalue weighted by Crippen LogP contribution is 2.27. The van der Waals surface area contributed by atoms with Gasteiger partial charge in [-0.1, -0.05) is 50.1 Å². The number of hydrogen-bond donors (Lipinski definition) is 3. The summed E-state index contributed by atoms with van der Waals surface area (Å²) in [4.78, 5) is 41.1. The molecule has 8 nitrogen and oxygen atoms in total. The molecule has 1 aliphatic rings. The lowest BCUT2D eigenvalue weighted by Gasteiger charge is -2.38. The monoisotopic (exact) mass is 487 g/mol. The van der Waals surface area contributed by atoms with Crippen molar-refractivity contribution >= 4 is 24.0 Å². The van der Waals surface area contributed by atoms with Crippen molar-refractivity contribution in [3.8, 4) is 0 Å². The van der Waals surface area contributed by atoms with E-state index in [2.05, 4.69) is 17.2 Å². The number of carbonyl (C=O) groups is 3. The van der Waals surface area contributed by atoms with Crippen LogP contribution in [0.2, 0.25) is 0 Å². The first-order valence-corrected chi connectivity index (χ1v) is 12.4. The molecule has 1 aliphatic carbocycles. The van der Waals surface area contributed by atoms with Gasteiger partial charge in [0, 0.05) is 12.1 Å². The number of ether oxygens (including phenoxy) is 1. The summed E-state index contributed by atoms with van der Waals surface area (Å²) < 4.78 is 5.26. The van der Waals surface area contributed by atoms with E-state index >= 15 is 0 Å². The second kappa shape index (κ2) is 12.7. The number of alkyl carbamates (subject to hydrolysis) is 1. The van der Waals surface area contributed by atoms with Gasteiger partial charge in [0.1, 0.15) is 17.7 Å². The normalized spacial score (nSPS) is 16.2. The predicted molar refractivity (Wildman–Crippen MR) is 137 cm³/mol. The van der Waals surface area contributed by atoms with E-state index in [4.69, 9.17) is 4.74 Å². The summed E-state index contributed by atoms with van der Waals surface area (Å²) in [5.74, 6) is -0.852. The van der Waals surface area contributed by atoms with Crippen LogP contribution in [0, 0.1) is 0 Å². The number of hydrogen-bond acceptors (Lipinski definition) is 5. The fourth-order valence-electron chi connectivity index (χ4n) is 4.32. The van der Waals surface area contributed by atoms with Crippen LogP contribution in [0.4, 0.5) is 4.79 Å². The summed E-state index contributed by atoms with van der Waals surface area (Å²) in [5, 5.41) is 15.6. The summed E-state index contributed by atoms with van der Waals surface area (Å²) in [6.07, 6.45) is 5.94. The van der Waals surface area contributed by atoms with E-state index in [0.29, 0.717) is 5.56 Å². The number of amides is 3. The van der Waals surface area contributed by atoms with Gasteiger partial charge in [-0.15, -0.1) is 0 Å². The Labute approximate surface area is 209 Å². The Balaban J connectivity index is 2.41. The fourth-order valence-corrected chi connectivity index (χ4v) is 4.32. The molecule has 194 valence electrons. The third kappa shape index (κ3) is 8.38. The lowest BCUT2D eigenvalue weighted by atomic mass is 9.94. The van der Waals surface area contributed by atoms with Crippen LogP contribution in [0.5, 0.6) is 0 Å². The lowest BCUT2D eigenvalue weighted by molar-refractivity contribution is -0.145. The molecule has 35 heavy (non-hydrogen) atoms. The summed E-state index contributed by atoms with van der Waals surface area (Å²) in [6, 6.07) is 4.77. The topological polar surface area (TPSA) is 108 Å². The SMILES string of the molecule is C=Cc1cccc(C(C(=O)NC2CCCCC2)N(C(=O)C(CO)NC(=O)OC(C)(C)C)C(C)C)c1. The summed E-state index contributed by atoms with van der Waals surface area (Å²) in [7, 11) is 0. The number of nitrogens with one attached hydrogen (secondary N) is 2. The Morgan fingerprint density at radius 1 is 1.20 bits per heavy atom. The van der Waals surface area contributed by atoms with Gasteiger partial charge in [0.05, 0.1) is 6.61 Å². The molecular weight excluding hydrogens is 446 g/mol. The molecule has 1 aromatic rings. The quantitative estimate of drug-likeness (QED) is 0.489. The zero-order chi connectivity index (χ0) is 26.2. The standard InChI is InChI=1S/C27H41N3O5/c1-7-19-12-11-13-20(16-19)23(24(32)28-21-14-9-8-10-15-21)30(18(2)3)25(33)22(17-31)29-26(34)35-27(4,5)6/h7,11-13,16,18,21-23,31H,1,8-10,14-15,17H2,2-6H3,(H,28,32)(H,29,34). The number of carbonyl (C=O) groups excluding carboxylic acids is 3. The van der Waals surface area contributed by atoms with E-state index in [1.165, 1.54) is 4.90 Å². The Hall–Kier alpha value is -2.87. The molecule has 0 aromatic heterocycles. The van der Waals surface area contributed by atoms with Gasteiger partial charge in [0.25, 0.3) is 0 Å². The first kappa shape index (κ1) is 28.4. The molecule has 1 aromatic carbocycles. The van der Waals surface area contributed by atoms with Crippen molar-refractivity contribution in [1.29, 1.82) is 0 Å². The zero-order valence-corrected chi connectivity index (χ0v) is 21.7. The van der Waals surface area contributed by atoms with Gasteiger partial charge in [-0.2, -0.15) is 0 Å². The van der Waals surface area contributed by atoms with Crippen LogP contribution in [0.25, 0.3) is 6.08 Å². The number of aliphatic hydroxyl groups is 1. The van der Waals surface area contributed by atoms with Gasteiger partial charge in [-0.05, 0) is 64.7 Å². The highest BCUT2D eigenvalue weighted by Gasteiger charge is 2.38. The van der Waals surface area contributed by atoms with E-state index in [-0.39, 0.29) is 11.9 Å². The predicted octanol–water partition coefficient (Wildman–Crippen LogP) is 3.94. The van der Waals surface area contributed by atoms with Crippen LogP contribution < -0.4 is 10.6 Å². The third-order valence-corrected chi connectivity index (χ3v) is 5.92. The van der Waals surface area contributed by atoms with Gasteiger partial charge >= 0.3 is 6.09 Å². The highest BCUT2D eigenvalue weighted by atomic mass is 16.6. The third-order valence-electron chi connectivity index (χ3n) is 5.92. The number of aliphatic hydroxyl groups excluding tert-OH is 1. The molecule has 0 heterocycles. The lowest BCUT2D eigenvalue weighted by Crippen LogP contribution is -2.56. The molecular formula is C27H41N3O5. The van der Waals surface area contributed by atoms with Gasteiger partial charge < -0.3 is 25.4 Å². The number of benzene rings is 1. The molecule has 3 amide bonds. The number of rotatable bonds is 9. The molecule has 1 saturated carbocycles. The van der Waals surface area contributed by atoms with E-state index in [9.17, 15) is 19.5 Å². The minimum Gasteiger partial charge on any atom is -0.444 e. The largest absolute Gasteiger partial charge is 0.444 e. The second-order valence-electron chi connectivity index (χ2n) is 10.3. The Morgan fingerprint density at radius 3 is 2.40 bits per heavy atom. The molecule has 8 heteroatoms. The van der Waals surface area contributed by atoms with E-state index in [1.807, 2.05) is 18.2 Å².